The van der Waals surface area contributed by atoms with Crippen LogP contribution in [0.4, 0.5) is 11.4 Å². The zero-order chi connectivity index (χ0) is 14.9. The second kappa shape index (κ2) is 5.32. The van der Waals surface area contributed by atoms with Crippen molar-refractivity contribution in [1.82, 2.24) is 0 Å². The summed E-state index contributed by atoms with van der Waals surface area (Å²) in [4.78, 5) is 33.7. The smallest absolute Gasteiger partial charge is 0.307 e. The van der Waals surface area contributed by atoms with Crippen molar-refractivity contribution in [2.45, 2.75) is 20.3 Å². The number of carboxylic acid groups (broad SMARTS) is 1. The van der Waals surface area contributed by atoms with Gasteiger partial charge in [0.1, 0.15) is 0 Å². The van der Waals surface area contributed by atoms with E-state index in [-0.39, 0.29) is 11.8 Å². The Morgan fingerprint density at radius 3 is 2.45 bits per heavy atom. The molecule has 0 heterocycles. The standard InChI is InChI=1S/C14H16N2O4/c1-7-3-4-9(15-8(2)17)5-12(7)16-13(18)10-6-11(10)14(19)20/h3-5,10-11H,6H2,1-2H3,(H,15,17)(H,16,18)(H,19,20). The van der Waals surface area contributed by atoms with E-state index in [1.165, 1.54) is 6.92 Å². The maximum absolute atomic E-state index is 11.9. The molecule has 1 saturated carbocycles. The summed E-state index contributed by atoms with van der Waals surface area (Å²) in [5.41, 5.74) is 2.02. The summed E-state index contributed by atoms with van der Waals surface area (Å²) in [7, 11) is 0. The molecule has 6 nitrogen and oxygen atoms in total. The van der Waals surface area contributed by atoms with Crippen molar-refractivity contribution < 1.29 is 19.5 Å². The van der Waals surface area contributed by atoms with Crippen molar-refractivity contribution in [3.63, 3.8) is 0 Å². The van der Waals surface area contributed by atoms with Crippen molar-refractivity contribution >= 4 is 29.2 Å². The minimum absolute atomic E-state index is 0.195. The third kappa shape index (κ3) is 3.14. The fourth-order valence-corrected chi connectivity index (χ4v) is 2.02. The summed E-state index contributed by atoms with van der Waals surface area (Å²) in [5.74, 6) is -2.46. The van der Waals surface area contributed by atoms with Crippen molar-refractivity contribution in [1.29, 1.82) is 0 Å². The zero-order valence-electron chi connectivity index (χ0n) is 11.3. The van der Waals surface area contributed by atoms with Gasteiger partial charge in [-0.2, -0.15) is 0 Å². The van der Waals surface area contributed by atoms with E-state index in [1.54, 1.807) is 18.2 Å². The van der Waals surface area contributed by atoms with Crippen LogP contribution in [0.3, 0.4) is 0 Å². The molecule has 2 atom stereocenters. The highest BCUT2D eigenvalue weighted by atomic mass is 16.4. The number of aryl methyl sites for hydroxylation is 1. The second-order valence-electron chi connectivity index (χ2n) is 4.99. The molecule has 1 aliphatic carbocycles. The van der Waals surface area contributed by atoms with Crippen LogP contribution in [0, 0.1) is 18.8 Å². The highest BCUT2D eigenvalue weighted by Crippen LogP contribution is 2.39. The number of rotatable bonds is 4. The third-order valence-electron chi connectivity index (χ3n) is 3.26. The molecule has 106 valence electrons. The molecule has 0 radical (unpaired) electrons. The Morgan fingerprint density at radius 1 is 1.20 bits per heavy atom. The van der Waals surface area contributed by atoms with Crippen LogP contribution in [0.15, 0.2) is 18.2 Å². The van der Waals surface area contributed by atoms with E-state index in [0.29, 0.717) is 17.8 Å². The fraction of sp³-hybridized carbons (Fsp3) is 0.357. The van der Waals surface area contributed by atoms with Gasteiger partial charge in [0.25, 0.3) is 0 Å². The van der Waals surface area contributed by atoms with Crippen LogP contribution < -0.4 is 10.6 Å². The van der Waals surface area contributed by atoms with Gasteiger partial charge in [0.2, 0.25) is 11.8 Å². The normalized spacial score (nSPS) is 20.1. The summed E-state index contributed by atoms with van der Waals surface area (Å²) >= 11 is 0. The van der Waals surface area contributed by atoms with Crippen LogP contribution in [-0.2, 0) is 14.4 Å². The molecule has 1 aromatic carbocycles. The van der Waals surface area contributed by atoms with Gasteiger partial charge in [-0.3, -0.25) is 14.4 Å². The minimum Gasteiger partial charge on any atom is -0.481 e. The largest absolute Gasteiger partial charge is 0.481 e. The van der Waals surface area contributed by atoms with Gasteiger partial charge in [0.15, 0.2) is 0 Å². The highest BCUT2D eigenvalue weighted by Gasteiger charge is 2.48. The van der Waals surface area contributed by atoms with Gasteiger partial charge in [0, 0.05) is 18.3 Å². The van der Waals surface area contributed by atoms with Gasteiger partial charge in [-0.25, -0.2) is 0 Å². The summed E-state index contributed by atoms with van der Waals surface area (Å²) < 4.78 is 0. The van der Waals surface area contributed by atoms with Crippen molar-refractivity contribution in [2.75, 3.05) is 10.6 Å². The van der Waals surface area contributed by atoms with Crippen LogP contribution in [0.5, 0.6) is 0 Å². The van der Waals surface area contributed by atoms with E-state index >= 15 is 0 Å². The van der Waals surface area contributed by atoms with Crippen LogP contribution in [0.1, 0.15) is 18.9 Å². The average Bonchev–Trinajstić information content (AvgIpc) is 3.13. The molecule has 0 aliphatic heterocycles. The lowest BCUT2D eigenvalue weighted by atomic mass is 10.1. The van der Waals surface area contributed by atoms with Crippen LogP contribution in [0.2, 0.25) is 0 Å². The Balaban J connectivity index is 2.07. The SMILES string of the molecule is CC(=O)Nc1ccc(C)c(NC(=O)C2CC2C(=O)O)c1. The molecule has 2 rings (SSSR count). The van der Waals surface area contributed by atoms with E-state index in [4.69, 9.17) is 5.11 Å². The molecule has 0 aromatic heterocycles. The van der Waals surface area contributed by atoms with Crippen molar-refractivity contribution in [3.05, 3.63) is 23.8 Å². The molecule has 1 aliphatic rings. The van der Waals surface area contributed by atoms with Gasteiger partial charge >= 0.3 is 5.97 Å². The third-order valence-corrected chi connectivity index (χ3v) is 3.26. The van der Waals surface area contributed by atoms with E-state index in [2.05, 4.69) is 10.6 Å². The number of aliphatic carboxylic acids is 1. The number of nitrogens with one attached hydrogen (secondary N) is 2. The van der Waals surface area contributed by atoms with Gasteiger partial charge < -0.3 is 15.7 Å². The molecule has 0 bridgehead atoms. The molecule has 2 unspecified atom stereocenters. The monoisotopic (exact) mass is 276 g/mol. The lowest BCUT2D eigenvalue weighted by Crippen LogP contribution is -2.17. The molecule has 1 aromatic rings. The summed E-state index contributed by atoms with van der Waals surface area (Å²) in [6.07, 6.45) is 0.381. The van der Waals surface area contributed by atoms with E-state index in [1.807, 2.05) is 6.92 Å². The molecular formula is C14H16N2O4. The molecule has 1 fully saturated rings. The highest BCUT2D eigenvalue weighted by molar-refractivity contribution is 5.99. The number of hydrogen-bond donors (Lipinski definition) is 3. The first-order valence-electron chi connectivity index (χ1n) is 6.30. The zero-order valence-corrected chi connectivity index (χ0v) is 11.3. The summed E-state index contributed by atoms with van der Waals surface area (Å²) in [5, 5.41) is 14.2. The molecule has 6 heteroatoms. The van der Waals surface area contributed by atoms with E-state index in [0.717, 1.165) is 5.56 Å². The van der Waals surface area contributed by atoms with Gasteiger partial charge in [-0.15, -0.1) is 0 Å². The van der Waals surface area contributed by atoms with Crippen LogP contribution in [-0.4, -0.2) is 22.9 Å². The molecule has 0 spiro atoms. The molecule has 20 heavy (non-hydrogen) atoms. The Hall–Kier alpha value is -2.37. The Labute approximate surface area is 116 Å². The molecule has 2 amide bonds. The fourth-order valence-electron chi connectivity index (χ4n) is 2.02. The topological polar surface area (TPSA) is 95.5 Å². The minimum atomic E-state index is -0.936. The van der Waals surface area contributed by atoms with E-state index < -0.39 is 17.8 Å². The lowest BCUT2D eigenvalue weighted by molar-refractivity contribution is -0.139. The first-order valence-corrected chi connectivity index (χ1v) is 6.30. The Bertz CT molecular complexity index is 583. The van der Waals surface area contributed by atoms with Crippen molar-refractivity contribution in [2.24, 2.45) is 11.8 Å². The molecule has 3 N–H and O–H groups in total. The predicted molar refractivity (Wildman–Crippen MR) is 73.3 cm³/mol. The van der Waals surface area contributed by atoms with Gasteiger partial charge in [0.05, 0.1) is 11.8 Å². The van der Waals surface area contributed by atoms with Gasteiger partial charge in [-0.05, 0) is 31.0 Å². The quantitative estimate of drug-likeness (QED) is 0.778. The number of carbonyl (C=O) groups excluding carboxylic acids is 2. The Morgan fingerprint density at radius 2 is 1.90 bits per heavy atom. The first-order chi connectivity index (χ1) is 9.38. The predicted octanol–water partition coefficient (Wildman–Crippen LogP) is 1.61. The number of carboxylic acids is 1. The Kier molecular flexibility index (Phi) is 3.74. The summed E-state index contributed by atoms with van der Waals surface area (Å²) in [6.45, 7) is 3.23. The lowest BCUT2D eigenvalue weighted by Gasteiger charge is -2.10. The maximum atomic E-state index is 11.9. The molecule has 0 saturated heterocycles. The van der Waals surface area contributed by atoms with Crippen LogP contribution >= 0.6 is 0 Å². The first kappa shape index (κ1) is 14.0. The number of amides is 2. The second-order valence-corrected chi connectivity index (χ2v) is 4.99. The number of carbonyl (C=O) groups is 3. The number of benzene rings is 1. The number of hydrogen-bond acceptors (Lipinski definition) is 3. The van der Waals surface area contributed by atoms with Crippen molar-refractivity contribution in [3.8, 4) is 0 Å². The summed E-state index contributed by atoms with van der Waals surface area (Å²) in [6, 6.07) is 5.18. The van der Waals surface area contributed by atoms with E-state index in [9.17, 15) is 14.4 Å². The van der Waals surface area contributed by atoms with Gasteiger partial charge in [-0.1, -0.05) is 6.07 Å². The maximum Gasteiger partial charge on any atom is 0.307 e. The number of anilines is 2. The molecular weight excluding hydrogens is 260 g/mol. The average molecular weight is 276 g/mol. The van der Waals surface area contributed by atoms with Crippen LogP contribution in [0.25, 0.3) is 0 Å².